The SMILES string of the molecule is CCC(CC)C(=O)N1CCC(NC(=O)c2cnn(-c3ccc(Cl)cc3)c2C(C)C)CC1. The van der Waals surface area contributed by atoms with Gasteiger partial charge in [0.15, 0.2) is 0 Å². The third-order valence-electron chi connectivity index (χ3n) is 6.15. The largest absolute Gasteiger partial charge is 0.349 e. The van der Waals surface area contributed by atoms with E-state index in [0.717, 1.165) is 37.1 Å². The first kappa shape index (κ1) is 23.3. The Morgan fingerprint density at radius 3 is 2.29 bits per heavy atom. The van der Waals surface area contributed by atoms with E-state index >= 15 is 0 Å². The molecule has 0 atom stereocenters. The van der Waals surface area contributed by atoms with Gasteiger partial charge in [0.2, 0.25) is 5.91 Å². The Hall–Kier alpha value is -2.34. The fraction of sp³-hybridized carbons (Fsp3) is 0.542. The lowest BCUT2D eigenvalue weighted by Gasteiger charge is -2.34. The Morgan fingerprint density at radius 1 is 1.13 bits per heavy atom. The minimum atomic E-state index is -0.103. The second-order valence-corrected chi connectivity index (χ2v) is 9.01. The lowest BCUT2D eigenvalue weighted by Crippen LogP contribution is -2.48. The number of nitrogens with one attached hydrogen (secondary N) is 1. The maximum absolute atomic E-state index is 13.1. The molecule has 1 N–H and O–H groups in total. The minimum absolute atomic E-state index is 0.0668. The van der Waals surface area contributed by atoms with Crippen molar-refractivity contribution in [2.75, 3.05) is 13.1 Å². The second kappa shape index (κ2) is 10.3. The summed E-state index contributed by atoms with van der Waals surface area (Å²) in [4.78, 5) is 27.7. The highest BCUT2D eigenvalue weighted by atomic mass is 35.5. The Labute approximate surface area is 190 Å². The number of halogens is 1. The Bertz CT molecular complexity index is 895. The zero-order valence-electron chi connectivity index (χ0n) is 18.9. The summed E-state index contributed by atoms with van der Waals surface area (Å²) in [6.07, 6.45) is 4.95. The summed E-state index contributed by atoms with van der Waals surface area (Å²) in [5.41, 5.74) is 2.35. The molecule has 0 radical (unpaired) electrons. The van der Waals surface area contributed by atoms with E-state index in [0.29, 0.717) is 23.7 Å². The summed E-state index contributed by atoms with van der Waals surface area (Å²) >= 11 is 6.01. The van der Waals surface area contributed by atoms with Crippen LogP contribution in [0.4, 0.5) is 0 Å². The molecule has 6 nitrogen and oxygen atoms in total. The Kier molecular flexibility index (Phi) is 7.76. The average molecular weight is 445 g/mol. The highest BCUT2D eigenvalue weighted by molar-refractivity contribution is 6.30. The topological polar surface area (TPSA) is 67.2 Å². The molecule has 2 amide bonds. The lowest BCUT2D eigenvalue weighted by molar-refractivity contribution is -0.136. The molecule has 0 unspecified atom stereocenters. The fourth-order valence-electron chi connectivity index (χ4n) is 4.28. The smallest absolute Gasteiger partial charge is 0.255 e. The van der Waals surface area contributed by atoms with Crippen LogP contribution in [0.1, 0.15) is 75.3 Å². The van der Waals surface area contributed by atoms with Gasteiger partial charge in [0, 0.05) is 30.1 Å². The summed E-state index contributed by atoms with van der Waals surface area (Å²) in [5.74, 6) is 0.381. The van der Waals surface area contributed by atoms with Crippen molar-refractivity contribution < 1.29 is 9.59 Å². The van der Waals surface area contributed by atoms with Crippen LogP contribution in [0.25, 0.3) is 5.69 Å². The molecule has 1 aliphatic heterocycles. The van der Waals surface area contributed by atoms with Gasteiger partial charge in [0.1, 0.15) is 0 Å². The van der Waals surface area contributed by atoms with Crippen LogP contribution in [-0.2, 0) is 4.79 Å². The van der Waals surface area contributed by atoms with E-state index in [-0.39, 0.29) is 29.7 Å². The maximum Gasteiger partial charge on any atom is 0.255 e. The summed E-state index contributed by atoms with van der Waals surface area (Å²) < 4.78 is 1.81. The van der Waals surface area contributed by atoms with Crippen molar-refractivity contribution >= 4 is 23.4 Å². The predicted molar refractivity (Wildman–Crippen MR) is 124 cm³/mol. The molecule has 2 heterocycles. The van der Waals surface area contributed by atoms with Crippen LogP contribution < -0.4 is 5.32 Å². The van der Waals surface area contributed by atoms with Crippen LogP contribution in [0, 0.1) is 5.92 Å². The number of rotatable bonds is 7. The normalized spacial score (nSPS) is 15.0. The number of aromatic nitrogens is 2. The van der Waals surface area contributed by atoms with Crippen molar-refractivity contribution in [3.05, 3.63) is 46.7 Å². The number of benzene rings is 1. The molecular formula is C24H33ClN4O2. The molecule has 1 aromatic carbocycles. The van der Waals surface area contributed by atoms with Gasteiger partial charge < -0.3 is 10.2 Å². The number of amides is 2. The first-order chi connectivity index (χ1) is 14.8. The van der Waals surface area contributed by atoms with Crippen LogP contribution in [-0.4, -0.2) is 45.6 Å². The number of hydrogen-bond donors (Lipinski definition) is 1. The highest BCUT2D eigenvalue weighted by Crippen LogP contribution is 2.25. The van der Waals surface area contributed by atoms with Crippen molar-refractivity contribution in [3.63, 3.8) is 0 Å². The van der Waals surface area contributed by atoms with Gasteiger partial charge in [-0.05, 0) is 55.9 Å². The van der Waals surface area contributed by atoms with E-state index in [4.69, 9.17) is 11.6 Å². The van der Waals surface area contributed by atoms with E-state index in [2.05, 4.69) is 38.1 Å². The highest BCUT2D eigenvalue weighted by Gasteiger charge is 2.28. The first-order valence-corrected chi connectivity index (χ1v) is 11.7. The van der Waals surface area contributed by atoms with E-state index in [1.165, 1.54) is 0 Å². The van der Waals surface area contributed by atoms with E-state index in [1.807, 2.05) is 33.8 Å². The van der Waals surface area contributed by atoms with E-state index in [1.54, 1.807) is 6.20 Å². The van der Waals surface area contributed by atoms with Crippen molar-refractivity contribution in [2.24, 2.45) is 5.92 Å². The molecule has 0 bridgehead atoms. The van der Waals surface area contributed by atoms with Gasteiger partial charge in [-0.15, -0.1) is 0 Å². The molecule has 168 valence electrons. The van der Waals surface area contributed by atoms with Gasteiger partial charge in [-0.3, -0.25) is 9.59 Å². The molecular weight excluding hydrogens is 412 g/mol. The summed E-state index contributed by atoms with van der Waals surface area (Å²) in [6, 6.07) is 7.50. The molecule has 0 saturated carbocycles. The average Bonchev–Trinajstić information content (AvgIpc) is 3.21. The van der Waals surface area contributed by atoms with Crippen LogP contribution in [0.2, 0.25) is 5.02 Å². The molecule has 7 heteroatoms. The van der Waals surface area contributed by atoms with Gasteiger partial charge in [0.05, 0.1) is 23.1 Å². The Balaban J connectivity index is 1.68. The molecule has 3 rings (SSSR count). The molecule has 1 saturated heterocycles. The van der Waals surface area contributed by atoms with Crippen molar-refractivity contribution in [1.29, 1.82) is 0 Å². The summed E-state index contributed by atoms with van der Waals surface area (Å²) in [7, 11) is 0. The molecule has 0 spiro atoms. The first-order valence-electron chi connectivity index (χ1n) is 11.3. The number of likely N-dealkylation sites (tertiary alicyclic amines) is 1. The number of hydrogen-bond acceptors (Lipinski definition) is 3. The molecule has 2 aromatic rings. The number of carbonyl (C=O) groups excluding carboxylic acids is 2. The van der Waals surface area contributed by atoms with E-state index < -0.39 is 0 Å². The Morgan fingerprint density at radius 2 is 1.74 bits per heavy atom. The van der Waals surface area contributed by atoms with Crippen molar-refractivity contribution in [3.8, 4) is 5.69 Å². The number of nitrogens with zero attached hydrogens (tertiary/aromatic N) is 3. The molecule has 0 aliphatic carbocycles. The number of piperidine rings is 1. The van der Waals surface area contributed by atoms with Crippen molar-refractivity contribution in [1.82, 2.24) is 20.0 Å². The number of carbonyl (C=O) groups is 2. The van der Waals surface area contributed by atoms with Crippen LogP contribution >= 0.6 is 11.6 Å². The molecule has 31 heavy (non-hydrogen) atoms. The van der Waals surface area contributed by atoms with Crippen LogP contribution in [0.15, 0.2) is 30.5 Å². The third kappa shape index (κ3) is 5.29. The standard InChI is InChI=1S/C24H33ClN4O2/c1-5-17(6-2)24(31)28-13-11-19(12-14-28)27-23(30)21-15-26-29(22(21)16(3)4)20-9-7-18(25)8-10-20/h7-10,15-17,19H,5-6,11-14H2,1-4H3,(H,27,30). The van der Waals surface area contributed by atoms with Gasteiger partial charge in [0.25, 0.3) is 5.91 Å². The molecule has 1 fully saturated rings. The monoisotopic (exact) mass is 444 g/mol. The van der Waals surface area contributed by atoms with Gasteiger partial charge in [-0.1, -0.05) is 39.3 Å². The van der Waals surface area contributed by atoms with Gasteiger partial charge in [-0.2, -0.15) is 5.10 Å². The van der Waals surface area contributed by atoms with E-state index in [9.17, 15) is 9.59 Å². The van der Waals surface area contributed by atoms with Crippen molar-refractivity contribution in [2.45, 2.75) is 65.3 Å². The maximum atomic E-state index is 13.1. The zero-order chi connectivity index (χ0) is 22.5. The second-order valence-electron chi connectivity index (χ2n) is 8.57. The predicted octanol–water partition coefficient (Wildman–Crippen LogP) is 4.81. The quantitative estimate of drug-likeness (QED) is 0.666. The third-order valence-corrected chi connectivity index (χ3v) is 6.40. The lowest BCUT2D eigenvalue weighted by atomic mass is 9.98. The van der Waals surface area contributed by atoms with Gasteiger partial charge >= 0.3 is 0 Å². The van der Waals surface area contributed by atoms with Crippen LogP contribution in [0.3, 0.4) is 0 Å². The molecule has 1 aliphatic rings. The fourth-order valence-corrected chi connectivity index (χ4v) is 4.41. The minimum Gasteiger partial charge on any atom is -0.349 e. The summed E-state index contributed by atoms with van der Waals surface area (Å²) in [5, 5.41) is 8.32. The molecule has 1 aromatic heterocycles. The van der Waals surface area contributed by atoms with Gasteiger partial charge in [-0.25, -0.2) is 4.68 Å². The zero-order valence-corrected chi connectivity index (χ0v) is 19.7. The van der Waals surface area contributed by atoms with Crippen LogP contribution in [0.5, 0.6) is 0 Å². The summed E-state index contributed by atoms with van der Waals surface area (Å²) in [6.45, 7) is 9.64.